The van der Waals surface area contributed by atoms with E-state index in [0.29, 0.717) is 0 Å². The summed E-state index contributed by atoms with van der Waals surface area (Å²) in [5.41, 5.74) is 3.94. The SMILES string of the molecule is CC1=C(/C=C\C(C)=C/C[P+](c2ccccc2)(c2ccccc2)c2ccccc2)C(C)(C)CC(O)C1. The molecule has 1 aliphatic rings. The molecule has 0 heterocycles. The highest BCUT2D eigenvalue weighted by Gasteiger charge is 2.44. The van der Waals surface area contributed by atoms with Crippen molar-refractivity contribution in [1.82, 2.24) is 0 Å². The fraction of sp³-hybridized carbons (Fsp3) is 0.273. The summed E-state index contributed by atoms with van der Waals surface area (Å²) in [5.74, 6) is 0. The van der Waals surface area contributed by atoms with Crippen molar-refractivity contribution in [3.63, 3.8) is 0 Å². The highest BCUT2D eigenvalue weighted by molar-refractivity contribution is 7.95. The van der Waals surface area contributed by atoms with Crippen molar-refractivity contribution in [2.45, 2.75) is 46.6 Å². The van der Waals surface area contributed by atoms with E-state index in [-0.39, 0.29) is 11.5 Å². The number of hydrogen-bond donors (Lipinski definition) is 1. The maximum atomic E-state index is 10.2. The predicted molar refractivity (Wildman–Crippen MR) is 155 cm³/mol. The fourth-order valence-electron chi connectivity index (χ4n) is 5.55. The van der Waals surface area contributed by atoms with Crippen LogP contribution in [-0.4, -0.2) is 17.4 Å². The second-order valence-electron chi connectivity index (χ2n) is 10.4. The van der Waals surface area contributed by atoms with Gasteiger partial charge in [0.15, 0.2) is 0 Å². The second-order valence-corrected chi connectivity index (χ2v) is 14.0. The van der Waals surface area contributed by atoms with Gasteiger partial charge >= 0.3 is 0 Å². The van der Waals surface area contributed by atoms with Crippen LogP contribution in [0.2, 0.25) is 0 Å². The molecule has 2 heteroatoms. The molecule has 0 aliphatic heterocycles. The van der Waals surface area contributed by atoms with Crippen LogP contribution in [0.15, 0.2) is 126 Å². The summed E-state index contributed by atoms with van der Waals surface area (Å²) in [7, 11) is -1.86. The number of allylic oxidation sites excluding steroid dienone is 5. The molecule has 0 radical (unpaired) electrons. The lowest BCUT2D eigenvalue weighted by molar-refractivity contribution is 0.116. The summed E-state index contributed by atoms with van der Waals surface area (Å²) in [6, 6.07) is 33.1. The summed E-state index contributed by atoms with van der Waals surface area (Å²) >= 11 is 0. The Morgan fingerprint density at radius 2 is 1.31 bits per heavy atom. The van der Waals surface area contributed by atoms with E-state index in [1.807, 2.05) is 0 Å². The molecule has 0 saturated carbocycles. The van der Waals surface area contributed by atoms with Crippen molar-refractivity contribution in [3.05, 3.63) is 126 Å². The number of aliphatic hydroxyl groups is 1. The first kappa shape index (κ1) is 25.4. The van der Waals surface area contributed by atoms with Crippen LogP contribution >= 0.6 is 7.26 Å². The molecule has 3 aromatic rings. The molecule has 0 fully saturated rings. The van der Waals surface area contributed by atoms with Gasteiger partial charge in [-0.3, -0.25) is 0 Å². The maximum Gasteiger partial charge on any atom is 0.115 e. The summed E-state index contributed by atoms with van der Waals surface area (Å²) in [4.78, 5) is 0. The average Bonchev–Trinajstić information content (AvgIpc) is 2.85. The lowest BCUT2D eigenvalue weighted by Crippen LogP contribution is -2.33. The molecule has 180 valence electrons. The Bertz CT molecular complexity index is 1110. The minimum absolute atomic E-state index is 0.00654. The number of aliphatic hydroxyl groups excluding tert-OH is 1. The Morgan fingerprint density at radius 3 is 1.74 bits per heavy atom. The summed E-state index contributed by atoms with van der Waals surface area (Å²) in [5, 5.41) is 14.5. The highest BCUT2D eigenvalue weighted by atomic mass is 31.2. The van der Waals surface area contributed by atoms with Crippen LogP contribution in [0.3, 0.4) is 0 Å². The zero-order chi connectivity index (χ0) is 24.9. The highest BCUT2D eigenvalue weighted by Crippen LogP contribution is 2.55. The van der Waals surface area contributed by atoms with E-state index in [2.05, 4.69) is 137 Å². The topological polar surface area (TPSA) is 20.2 Å². The molecular formula is C33H38OP+. The predicted octanol–water partition coefficient (Wildman–Crippen LogP) is 6.98. The van der Waals surface area contributed by atoms with Gasteiger partial charge in [-0.25, -0.2) is 0 Å². The van der Waals surface area contributed by atoms with E-state index >= 15 is 0 Å². The van der Waals surface area contributed by atoms with Crippen molar-refractivity contribution in [1.29, 1.82) is 0 Å². The normalized spacial score (nSPS) is 18.8. The van der Waals surface area contributed by atoms with E-state index in [1.165, 1.54) is 32.6 Å². The Kier molecular flexibility index (Phi) is 7.90. The minimum Gasteiger partial charge on any atom is -0.393 e. The number of hydrogen-bond acceptors (Lipinski definition) is 1. The van der Waals surface area contributed by atoms with Gasteiger partial charge in [0.1, 0.15) is 23.2 Å². The minimum atomic E-state index is -1.86. The summed E-state index contributed by atoms with van der Waals surface area (Å²) in [6.07, 6.45) is 9.33. The largest absolute Gasteiger partial charge is 0.393 e. The zero-order valence-electron chi connectivity index (χ0n) is 21.5. The van der Waals surface area contributed by atoms with Gasteiger partial charge in [0.05, 0.1) is 12.3 Å². The number of rotatable bonds is 7. The first-order valence-electron chi connectivity index (χ1n) is 12.6. The third-order valence-electron chi connectivity index (χ3n) is 7.27. The van der Waals surface area contributed by atoms with E-state index in [4.69, 9.17) is 0 Å². The Labute approximate surface area is 212 Å². The molecule has 0 bridgehead atoms. The van der Waals surface area contributed by atoms with Crippen LogP contribution in [0, 0.1) is 5.41 Å². The van der Waals surface area contributed by atoms with Gasteiger partial charge in [0.25, 0.3) is 0 Å². The molecule has 0 saturated heterocycles. The monoisotopic (exact) mass is 481 g/mol. The molecular weight excluding hydrogens is 443 g/mol. The maximum absolute atomic E-state index is 10.2. The van der Waals surface area contributed by atoms with Gasteiger partial charge in [0, 0.05) is 0 Å². The van der Waals surface area contributed by atoms with Crippen LogP contribution in [0.4, 0.5) is 0 Å². The lowest BCUT2D eigenvalue weighted by Gasteiger charge is -2.35. The molecule has 1 nitrogen and oxygen atoms in total. The molecule has 0 spiro atoms. The van der Waals surface area contributed by atoms with E-state index in [0.717, 1.165) is 19.0 Å². The average molecular weight is 482 g/mol. The van der Waals surface area contributed by atoms with E-state index in [9.17, 15) is 5.11 Å². The van der Waals surface area contributed by atoms with Crippen LogP contribution in [0.25, 0.3) is 0 Å². The zero-order valence-corrected chi connectivity index (χ0v) is 22.4. The molecule has 35 heavy (non-hydrogen) atoms. The van der Waals surface area contributed by atoms with Gasteiger partial charge in [-0.15, -0.1) is 0 Å². The Morgan fingerprint density at radius 1 is 0.857 bits per heavy atom. The smallest absolute Gasteiger partial charge is 0.115 e. The second kappa shape index (κ2) is 10.9. The first-order chi connectivity index (χ1) is 16.8. The summed E-state index contributed by atoms with van der Waals surface area (Å²) in [6.45, 7) is 8.87. The van der Waals surface area contributed by atoms with Crippen molar-refractivity contribution >= 4 is 23.2 Å². The van der Waals surface area contributed by atoms with Crippen LogP contribution in [0.5, 0.6) is 0 Å². The third kappa shape index (κ3) is 5.58. The quantitative estimate of drug-likeness (QED) is 0.285. The standard InChI is InChI=1S/C33H38OP/c1-26(20-21-32-27(2)24-28(34)25-33(32,3)4)22-23-35(29-14-8-5-9-15-29,30-16-10-6-11-17-30)31-18-12-7-13-19-31/h5-22,28,34H,23-25H2,1-4H3/q+1/b21-20-,26-22-. The molecule has 1 N–H and O–H groups in total. The third-order valence-corrected chi connectivity index (χ3v) is 11.5. The van der Waals surface area contributed by atoms with Gasteiger partial charge in [-0.2, -0.15) is 0 Å². The van der Waals surface area contributed by atoms with Gasteiger partial charge < -0.3 is 5.11 Å². The molecule has 1 atom stereocenters. The van der Waals surface area contributed by atoms with E-state index < -0.39 is 7.26 Å². The van der Waals surface area contributed by atoms with Crippen molar-refractivity contribution < 1.29 is 5.11 Å². The van der Waals surface area contributed by atoms with Crippen LogP contribution in [0.1, 0.15) is 40.5 Å². The molecule has 3 aromatic carbocycles. The number of benzene rings is 3. The van der Waals surface area contributed by atoms with E-state index in [1.54, 1.807) is 0 Å². The Hall–Kier alpha value is -2.73. The summed E-state index contributed by atoms with van der Waals surface area (Å²) < 4.78 is 0. The van der Waals surface area contributed by atoms with Crippen molar-refractivity contribution in [2.24, 2.45) is 5.41 Å². The molecule has 1 unspecified atom stereocenters. The Balaban J connectivity index is 1.76. The molecule has 0 amide bonds. The molecule has 1 aliphatic carbocycles. The van der Waals surface area contributed by atoms with Crippen LogP contribution in [-0.2, 0) is 0 Å². The van der Waals surface area contributed by atoms with Gasteiger partial charge in [-0.05, 0) is 80.2 Å². The molecule has 4 rings (SSSR count). The van der Waals surface area contributed by atoms with Crippen molar-refractivity contribution in [3.8, 4) is 0 Å². The fourth-order valence-corrected chi connectivity index (χ4v) is 9.69. The van der Waals surface area contributed by atoms with Gasteiger partial charge in [-0.1, -0.05) is 91.7 Å². The van der Waals surface area contributed by atoms with Crippen LogP contribution < -0.4 is 15.9 Å². The lowest BCUT2D eigenvalue weighted by atomic mass is 9.71. The first-order valence-corrected chi connectivity index (χ1v) is 14.6. The van der Waals surface area contributed by atoms with Gasteiger partial charge in [0.2, 0.25) is 0 Å². The molecule has 0 aromatic heterocycles. The van der Waals surface area contributed by atoms with Crippen molar-refractivity contribution in [2.75, 3.05) is 6.16 Å².